The molecule has 0 unspecified atom stereocenters. The van der Waals surface area contributed by atoms with E-state index >= 15 is 0 Å². The zero-order chi connectivity index (χ0) is 14.4. The van der Waals surface area contributed by atoms with Gasteiger partial charge in [-0.15, -0.1) is 0 Å². The number of halogens is 1. The number of methoxy groups -OCH3 is 1. The number of Topliss-reactive ketones (excluding diaryl/α,β-unsaturated/α-hetero) is 2. The maximum absolute atomic E-state index is 12.3. The van der Waals surface area contributed by atoms with Crippen molar-refractivity contribution in [2.75, 3.05) is 7.11 Å². The second kappa shape index (κ2) is 4.45. The molecule has 0 spiro atoms. The molecule has 0 saturated carbocycles. The van der Waals surface area contributed by atoms with E-state index in [0.29, 0.717) is 10.8 Å². The zero-order valence-corrected chi connectivity index (χ0v) is 12.0. The van der Waals surface area contributed by atoms with E-state index in [0.717, 1.165) is 0 Å². The predicted molar refractivity (Wildman–Crippen MR) is 77.2 cm³/mol. The molecule has 0 bridgehead atoms. The van der Waals surface area contributed by atoms with Gasteiger partial charge in [0.05, 0.1) is 12.7 Å². The van der Waals surface area contributed by atoms with Crippen LogP contribution >= 0.6 is 15.9 Å². The summed E-state index contributed by atoms with van der Waals surface area (Å²) < 4.78 is 5.04. The zero-order valence-electron chi connectivity index (χ0n) is 10.4. The minimum absolute atomic E-state index is 0.00579. The fourth-order valence-electron chi connectivity index (χ4n) is 2.35. The van der Waals surface area contributed by atoms with E-state index in [1.165, 1.54) is 7.11 Å². The fourth-order valence-corrected chi connectivity index (χ4v) is 2.91. The Morgan fingerprint density at radius 3 is 2.55 bits per heavy atom. The number of carbonyl (C=O) groups excluding carboxylic acids is 2. The summed E-state index contributed by atoms with van der Waals surface area (Å²) in [5, 5.41) is 11.5. The van der Waals surface area contributed by atoms with Crippen LogP contribution in [-0.4, -0.2) is 23.8 Å². The number of fused-ring (bicyclic) bond motifs is 2. The van der Waals surface area contributed by atoms with Gasteiger partial charge in [-0.25, -0.2) is 0 Å². The molecular weight excluding hydrogens is 324 g/mol. The highest BCUT2D eigenvalue weighted by molar-refractivity contribution is 9.12. The summed E-state index contributed by atoms with van der Waals surface area (Å²) in [6.45, 7) is 0. The van der Waals surface area contributed by atoms with Crippen LogP contribution in [0.5, 0.6) is 5.75 Å². The van der Waals surface area contributed by atoms with Gasteiger partial charge in [-0.05, 0) is 27.4 Å². The van der Waals surface area contributed by atoms with E-state index in [4.69, 9.17) is 4.74 Å². The Bertz CT molecular complexity index is 805. The van der Waals surface area contributed by atoms with E-state index in [1.807, 2.05) is 0 Å². The molecule has 0 fully saturated rings. The molecule has 3 rings (SSSR count). The van der Waals surface area contributed by atoms with Crippen molar-refractivity contribution >= 4 is 38.3 Å². The van der Waals surface area contributed by atoms with Crippen LogP contribution in [0.1, 0.15) is 20.7 Å². The van der Waals surface area contributed by atoms with Gasteiger partial charge in [0.25, 0.3) is 0 Å². The number of allylic oxidation sites excluding steroid dienone is 2. The van der Waals surface area contributed by atoms with Gasteiger partial charge in [0.15, 0.2) is 5.76 Å². The molecule has 2 aromatic rings. The van der Waals surface area contributed by atoms with Gasteiger partial charge >= 0.3 is 0 Å². The summed E-state index contributed by atoms with van der Waals surface area (Å²) in [5.74, 6) is -1.16. The molecule has 0 amide bonds. The van der Waals surface area contributed by atoms with Crippen LogP contribution in [0.2, 0.25) is 0 Å². The number of hydrogen-bond acceptors (Lipinski definition) is 4. The van der Waals surface area contributed by atoms with Gasteiger partial charge < -0.3 is 9.84 Å². The first-order valence-electron chi connectivity index (χ1n) is 5.84. The SMILES string of the molecule is COC1=C(Br)C(=O)c2cc3ccccc3c(O)c2C1=O. The lowest BCUT2D eigenvalue weighted by molar-refractivity contribution is 0.0911. The van der Waals surface area contributed by atoms with E-state index < -0.39 is 5.78 Å². The summed E-state index contributed by atoms with van der Waals surface area (Å²) in [5.41, 5.74) is 0.174. The van der Waals surface area contributed by atoms with Crippen molar-refractivity contribution in [1.82, 2.24) is 0 Å². The predicted octanol–water partition coefficient (Wildman–Crippen LogP) is 3.18. The van der Waals surface area contributed by atoms with Crippen LogP contribution in [-0.2, 0) is 4.74 Å². The standard InChI is InChI=1S/C15H9BrO4/c1-20-15-11(16)13(18)9-6-7-4-2-3-5-8(7)12(17)10(9)14(15)19/h2-6,17H,1H3. The van der Waals surface area contributed by atoms with Gasteiger partial charge in [0, 0.05) is 10.9 Å². The minimum atomic E-state index is -0.503. The topological polar surface area (TPSA) is 63.6 Å². The molecule has 100 valence electrons. The largest absolute Gasteiger partial charge is 0.506 e. The minimum Gasteiger partial charge on any atom is -0.506 e. The number of phenolic OH excluding ortho intramolecular Hbond substituents is 1. The van der Waals surface area contributed by atoms with Crippen molar-refractivity contribution in [3.05, 3.63) is 51.7 Å². The summed E-state index contributed by atoms with van der Waals surface area (Å²) >= 11 is 3.08. The van der Waals surface area contributed by atoms with Gasteiger partial charge in [0.1, 0.15) is 10.2 Å². The molecule has 2 aromatic carbocycles. The summed E-state index contributed by atoms with van der Waals surface area (Å²) in [6.07, 6.45) is 0. The maximum Gasteiger partial charge on any atom is 0.233 e. The second-order valence-corrected chi connectivity index (χ2v) is 5.17. The molecule has 0 radical (unpaired) electrons. The molecule has 0 heterocycles. The number of aromatic hydroxyl groups is 1. The van der Waals surface area contributed by atoms with Crippen LogP contribution in [0.4, 0.5) is 0 Å². The molecule has 0 aromatic heterocycles. The van der Waals surface area contributed by atoms with Crippen LogP contribution in [0.15, 0.2) is 40.6 Å². The fraction of sp³-hybridized carbons (Fsp3) is 0.0667. The average molecular weight is 333 g/mol. The van der Waals surface area contributed by atoms with Crippen molar-refractivity contribution < 1.29 is 19.4 Å². The van der Waals surface area contributed by atoms with E-state index in [1.54, 1.807) is 30.3 Å². The normalized spacial score (nSPS) is 14.7. The highest BCUT2D eigenvalue weighted by Crippen LogP contribution is 2.39. The molecule has 4 nitrogen and oxygen atoms in total. The Balaban J connectivity index is 2.42. The van der Waals surface area contributed by atoms with Crippen molar-refractivity contribution in [3.63, 3.8) is 0 Å². The number of ether oxygens (including phenoxy) is 1. The first-order valence-corrected chi connectivity index (χ1v) is 6.63. The molecule has 5 heteroatoms. The maximum atomic E-state index is 12.3. The lowest BCUT2D eigenvalue weighted by Crippen LogP contribution is -2.21. The Morgan fingerprint density at radius 2 is 1.85 bits per heavy atom. The third-order valence-electron chi connectivity index (χ3n) is 3.30. The monoisotopic (exact) mass is 332 g/mol. The summed E-state index contributed by atoms with van der Waals surface area (Å²) in [6, 6.07) is 8.64. The summed E-state index contributed by atoms with van der Waals surface area (Å²) in [4.78, 5) is 24.6. The van der Waals surface area contributed by atoms with Crippen molar-refractivity contribution in [2.24, 2.45) is 0 Å². The third-order valence-corrected chi connectivity index (χ3v) is 4.02. The molecule has 0 atom stereocenters. The van der Waals surface area contributed by atoms with Crippen molar-refractivity contribution in [1.29, 1.82) is 0 Å². The van der Waals surface area contributed by atoms with E-state index in [-0.39, 0.29) is 32.9 Å². The second-order valence-electron chi connectivity index (χ2n) is 4.37. The number of carbonyl (C=O) groups is 2. The van der Waals surface area contributed by atoms with Crippen LogP contribution in [0, 0.1) is 0 Å². The number of phenols is 1. The molecule has 1 aliphatic rings. The molecule has 20 heavy (non-hydrogen) atoms. The number of ketones is 2. The van der Waals surface area contributed by atoms with Crippen LogP contribution in [0.3, 0.4) is 0 Å². The number of hydrogen-bond donors (Lipinski definition) is 1. The van der Waals surface area contributed by atoms with Crippen LogP contribution < -0.4 is 0 Å². The summed E-state index contributed by atoms with van der Waals surface area (Å²) in [7, 11) is 1.31. The van der Waals surface area contributed by atoms with Gasteiger partial charge in [0.2, 0.25) is 11.6 Å². The van der Waals surface area contributed by atoms with E-state index in [2.05, 4.69) is 15.9 Å². The van der Waals surface area contributed by atoms with E-state index in [9.17, 15) is 14.7 Å². The van der Waals surface area contributed by atoms with Gasteiger partial charge in [-0.2, -0.15) is 0 Å². The van der Waals surface area contributed by atoms with Gasteiger partial charge in [-0.3, -0.25) is 9.59 Å². The molecule has 0 saturated heterocycles. The van der Waals surface area contributed by atoms with Crippen LogP contribution in [0.25, 0.3) is 10.8 Å². The molecule has 0 aliphatic heterocycles. The Kier molecular flexibility index (Phi) is 2.87. The molecule has 1 aliphatic carbocycles. The Morgan fingerprint density at radius 1 is 1.15 bits per heavy atom. The Hall–Kier alpha value is -2.14. The lowest BCUT2D eigenvalue weighted by Gasteiger charge is -2.19. The van der Waals surface area contributed by atoms with Crippen molar-refractivity contribution in [3.8, 4) is 5.75 Å². The third kappa shape index (κ3) is 1.59. The molecule has 1 N–H and O–H groups in total. The smallest absolute Gasteiger partial charge is 0.233 e. The Labute approximate surface area is 122 Å². The first-order chi connectivity index (χ1) is 9.56. The molecular formula is C15H9BrO4. The lowest BCUT2D eigenvalue weighted by atomic mass is 9.89. The number of benzene rings is 2. The van der Waals surface area contributed by atoms with Crippen molar-refractivity contribution in [2.45, 2.75) is 0 Å². The highest BCUT2D eigenvalue weighted by Gasteiger charge is 2.35. The van der Waals surface area contributed by atoms with Gasteiger partial charge in [-0.1, -0.05) is 24.3 Å². The number of rotatable bonds is 1. The highest BCUT2D eigenvalue weighted by atomic mass is 79.9. The average Bonchev–Trinajstić information content (AvgIpc) is 2.45. The first kappa shape index (κ1) is 12.9. The quantitative estimate of drug-likeness (QED) is 0.871.